The summed E-state index contributed by atoms with van der Waals surface area (Å²) in [5, 5.41) is 3.12. The van der Waals surface area contributed by atoms with Gasteiger partial charge in [-0.1, -0.05) is 13.3 Å². The second-order valence-electron chi connectivity index (χ2n) is 4.76. The Morgan fingerprint density at radius 2 is 1.95 bits per heavy atom. The smallest absolute Gasteiger partial charge is 0.251 e. The van der Waals surface area contributed by atoms with Gasteiger partial charge in [0.25, 0.3) is 5.91 Å². The van der Waals surface area contributed by atoms with Crippen molar-refractivity contribution < 1.29 is 18.0 Å². The van der Waals surface area contributed by atoms with Gasteiger partial charge in [0.1, 0.15) is 0 Å². The molecule has 0 spiro atoms. The highest BCUT2D eigenvalue weighted by molar-refractivity contribution is 7.99. The lowest BCUT2D eigenvalue weighted by Gasteiger charge is -2.20. The summed E-state index contributed by atoms with van der Waals surface area (Å²) in [5.74, 6) is -3.85. The number of rotatable bonds is 4. The monoisotopic (exact) mass is 303 g/mol. The minimum atomic E-state index is -1.55. The van der Waals surface area contributed by atoms with Gasteiger partial charge in [0.2, 0.25) is 0 Å². The van der Waals surface area contributed by atoms with E-state index < -0.39 is 23.4 Å². The van der Waals surface area contributed by atoms with Crippen molar-refractivity contribution in [3.05, 3.63) is 35.1 Å². The van der Waals surface area contributed by atoms with Gasteiger partial charge in [0.05, 0.1) is 0 Å². The lowest BCUT2D eigenvalue weighted by molar-refractivity contribution is 0.0937. The molecular formula is C14H16F3NOS. The average Bonchev–Trinajstić information content (AvgIpc) is 2.83. The van der Waals surface area contributed by atoms with Gasteiger partial charge in [-0.05, 0) is 30.7 Å². The van der Waals surface area contributed by atoms with Crippen LogP contribution in [0.5, 0.6) is 0 Å². The maximum Gasteiger partial charge on any atom is 0.251 e. The minimum absolute atomic E-state index is 0.00336. The molecule has 0 aromatic heterocycles. The quantitative estimate of drug-likeness (QED) is 0.863. The zero-order valence-corrected chi connectivity index (χ0v) is 11.9. The highest BCUT2D eigenvalue weighted by Crippen LogP contribution is 2.30. The Morgan fingerprint density at radius 1 is 1.30 bits per heavy atom. The molecule has 2 unspecified atom stereocenters. The van der Waals surface area contributed by atoms with E-state index in [1.165, 1.54) is 0 Å². The standard InChI is InChI=1S/C14H16F3NOS/c1-2-20-12-5-3-4-11(12)18-14(19)8-6-9(15)13(17)10(16)7-8/h6-7,11-12H,2-5H2,1H3,(H,18,19). The van der Waals surface area contributed by atoms with Gasteiger partial charge in [-0.2, -0.15) is 11.8 Å². The number of hydrogen-bond donors (Lipinski definition) is 1. The molecule has 0 bridgehead atoms. The van der Waals surface area contributed by atoms with Crippen molar-refractivity contribution in [3.63, 3.8) is 0 Å². The number of carbonyl (C=O) groups is 1. The van der Waals surface area contributed by atoms with Crippen molar-refractivity contribution in [2.45, 2.75) is 37.5 Å². The lowest BCUT2D eigenvalue weighted by Crippen LogP contribution is -2.38. The first-order chi connectivity index (χ1) is 9.52. The van der Waals surface area contributed by atoms with Crippen LogP contribution in [0.3, 0.4) is 0 Å². The topological polar surface area (TPSA) is 29.1 Å². The molecule has 0 aliphatic heterocycles. The van der Waals surface area contributed by atoms with Crippen molar-refractivity contribution >= 4 is 17.7 Å². The fourth-order valence-electron chi connectivity index (χ4n) is 2.44. The first-order valence-corrected chi connectivity index (χ1v) is 7.64. The van der Waals surface area contributed by atoms with Gasteiger partial charge >= 0.3 is 0 Å². The summed E-state index contributed by atoms with van der Waals surface area (Å²) in [4.78, 5) is 12.0. The van der Waals surface area contributed by atoms with Crippen molar-refractivity contribution in [2.24, 2.45) is 0 Å². The molecule has 1 amide bonds. The Balaban J connectivity index is 2.08. The highest BCUT2D eigenvalue weighted by Gasteiger charge is 2.29. The normalized spacial score (nSPS) is 22.0. The molecule has 1 aromatic carbocycles. The van der Waals surface area contributed by atoms with Gasteiger partial charge in [-0.15, -0.1) is 0 Å². The molecule has 2 nitrogen and oxygen atoms in total. The summed E-state index contributed by atoms with van der Waals surface area (Å²) in [7, 11) is 0. The molecular weight excluding hydrogens is 287 g/mol. The number of hydrogen-bond acceptors (Lipinski definition) is 2. The fourth-order valence-corrected chi connectivity index (χ4v) is 3.64. The average molecular weight is 303 g/mol. The van der Waals surface area contributed by atoms with E-state index in [1.54, 1.807) is 11.8 Å². The number of thioether (sulfide) groups is 1. The summed E-state index contributed by atoms with van der Waals surface area (Å²) in [5.41, 5.74) is -0.187. The third-order valence-corrected chi connectivity index (χ3v) is 4.72. The summed E-state index contributed by atoms with van der Waals surface area (Å²) < 4.78 is 39.1. The Bertz CT molecular complexity index is 486. The summed E-state index contributed by atoms with van der Waals surface area (Å²) in [6.07, 6.45) is 2.90. The number of nitrogens with one attached hydrogen (secondary N) is 1. The molecule has 1 aliphatic carbocycles. The van der Waals surface area contributed by atoms with Gasteiger partial charge in [-0.3, -0.25) is 4.79 Å². The molecule has 20 heavy (non-hydrogen) atoms. The van der Waals surface area contributed by atoms with E-state index in [9.17, 15) is 18.0 Å². The fraction of sp³-hybridized carbons (Fsp3) is 0.500. The summed E-state index contributed by atoms with van der Waals surface area (Å²) >= 11 is 1.77. The van der Waals surface area contributed by atoms with Crippen LogP contribution in [0.2, 0.25) is 0 Å². The van der Waals surface area contributed by atoms with Crippen molar-refractivity contribution in [2.75, 3.05) is 5.75 Å². The van der Waals surface area contributed by atoms with Crippen LogP contribution in [0.4, 0.5) is 13.2 Å². The van der Waals surface area contributed by atoms with Crippen molar-refractivity contribution in [1.82, 2.24) is 5.32 Å². The minimum Gasteiger partial charge on any atom is -0.348 e. The van der Waals surface area contributed by atoms with Crippen LogP contribution in [0, 0.1) is 17.5 Å². The van der Waals surface area contributed by atoms with Gasteiger partial charge in [-0.25, -0.2) is 13.2 Å². The van der Waals surface area contributed by atoms with Crippen LogP contribution in [-0.4, -0.2) is 23.0 Å². The highest BCUT2D eigenvalue weighted by atomic mass is 32.2. The van der Waals surface area contributed by atoms with Crippen molar-refractivity contribution in [3.8, 4) is 0 Å². The molecule has 1 saturated carbocycles. The van der Waals surface area contributed by atoms with E-state index in [4.69, 9.17) is 0 Å². The molecule has 6 heteroatoms. The Morgan fingerprint density at radius 3 is 2.55 bits per heavy atom. The van der Waals surface area contributed by atoms with Gasteiger partial charge in [0, 0.05) is 16.9 Å². The molecule has 1 fully saturated rings. The van der Waals surface area contributed by atoms with Gasteiger partial charge < -0.3 is 5.32 Å². The van der Waals surface area contributed by atoms with E-state index in [2.05, 4.69) is 5.32 Å². The lowest BCUT2D eigenvalue weighted by atomic mass is 10.1. The van der Waals surface area contributed by atoms with Crippen LogP contribution in [0.15, 0.2) is 12.1 Å². The second-order valence-corrected chi connectivity index (χ2v) is 6.27. The largest absolute Gasteiger partial charge is 0.348 e. The molecule has 1 N–H and O–H groups in total. The zero-order chi connectivity index (χ0) is 14.7. The van der Waals surface area contributed by atoms with Crippen molar-refractivity contribution in [1.29, 1.82) is 0 Å². The summed E-state index contributed by atoms with van der Waals surface area (Å²) in [6.45, 7) is 2.05. The van der Waals surface area contributed by atoms with E-state index >= 15 is 0 Å². The van der Waals surface area contributed by atoms with Gasteiger partial charge in [0.15, 0.2) is 17.5 Å². The van der Waals surface area contributed by atoms with E-state index in [-0.39, 0.29) is 11.6 Å². The first-order valence-electron chi connectivity index (χ1n) is 6.60. The Kier molecular flexibility index (Phi) is 4.96. The SMILES string of the molecule is CCSC1CCCC1NC(=O)c1cc(F)c(F)c(F)c1. The number of halogens is 3. The molecule has 1 aromatic rings. The van der Waals surface area contributed by atoms with Crippen LogP contribution >= 0.6 is 11.8 Å². The molecule has 110 valence electrons. The third kappa shape index (κ3) is 3.29. The number of amides is 1. The maximum atomic E-state index is 13.1. The predicted molar refractivity (Wildman–Crippen MR) is 73.3 cm³/mol. The van der Waals surface area contributed by atoms with E-state index in [1.807, 2.05) is 6.92 Å². The predicted octanol–water partition coefficient (Wildman–Crippen LogP) is 3.51. The Labute approximate surface area is 120 Å². The Hall–Kier alpha value is -1.17. The first kappa shape index (κ1) is 15.2. The van der Waals surface area contributed by atoms with Crippen LogP contribution in [-0.2, 0) is 0 Å². The molecule has 0 saturated heterocycles. The number of carbonyl (C=O) groups excluding carboxylic acids is 1. The molecule has 2 rings (SSSR count). The van der Waals surface area contributed by atoms with Crippen LogP contribution < -0.4 is 5.32 Å². The summed E-state index contributed by atoms with van der Waals surface area (Å²) in [6, 6.07) is 1.46. The van der Waals surface area contributed by atoms with Crippen LogP contribution in [0.1, 0.15) is 36.5 Å². The molecule has 2 atom stereocenters. The van der Waals surface area contributed by atoms with Crippen LogP contribution in [0.25, 0.3) is 0 Å². The second kappa shape index (κ2) is 6.52. The van der Waals surface area contributed by atoms with E-state index in [0.717, 1.165) is 37.1 Å². The molecule has 1 aliphatic rings. The maximum absolute atomic E-state index is 13.1. The van der Waals surface area contributed by atoms with E-state index in [0.29, 0.717) is 5.25 Å². The number of benzene rings is 1. The third-order valence-electron chi connectivity index (χ3n) is 3.40. The zero-order valence-electron chi connectivity index (χ0n) is 11.1. The molecule has 0 radical (unpaired) electrons. The molecule has 0 heterocycles.